The van der Waals surface area contributed by atoms with Gasteiger partial charge in [0.15, 0.2) is 5.65 Å². The van der Waals surface area contributed by atoms with E-state index < -0.39 is 0 Å². The molecule has 0 spiro atoms. The third-order valence-corrected chi connectivity index (χ3v) is 2.37. The van der Waals surface area contributed by atoms with Gasteiger partial charge in [0.05, 0.1) is 5.38 Å². The van der Waals surface area contributed by atoms with Crippen LogP contribution >= 0.6 is 11.6 Å². The van der Waals surface area contributed by atoms with E-state index in [1.54, 1.807) is 6.20 Å². The van der Waals surface area contributed by atoms with Gasteiger partial charge in [-0.1, -0.05) is 0 Å². The fourth-order valence-corrected chi connectivity index (χ4v) is 1.71. The van der Waals surface area contributed by atoms with Gasteiger partial charge in [-0.2, -0.15) is 0 Å². The normalized spacial score (nSPS) is 13.1. The molecule has 0 saturated heterocycles. The molecule has 0 N–H and O–H groups in total. The van der Waals surface area contributed by atoms with Crippen LogP contribution in [0.4, 0.5) is 0 Å². The van der Waals surface area contributed by atoms with Gasteiger partial charge >= 0.3 is 0 Å². The zero-order chi connectivity index (χ0) is 11.0. The zero-order valence-corrected chi connectivity index (χ0v) is 9.73. The van der Waals surface area contributed by atoms with Crippen LogP contribution in [0.25, 0.3) is 11.2 Å². The van der Waals surface area contributed by atoms with Crippen LogP contribution < -0.4 is 5.01 Å². The van der Waals surface area contributed by atoms with Crippen LogP contribution in [-0.2, 0) is 0 Å². The number of imidazole rings is 1. The second-order valence-electron chi connectivity index (χ2n) is 3.59. The maximum Gasteiger partial charge on any atom is 0.179 e. The van der Waals surface area contributed by atoms with E-state index in [9.17, 15) is 0 Å². The summed E-state index contributed by atoms with van der Waals surface area (Å²) >= 11 is 6.09. The van der Waals surface area contributed by atoms with E-state index in [-0.39, 0.29) is 5.38 Å². The lowest BCUT2D eigenvalue weighted by Crippen LogP contribution is -2.27. The summed E-state index contributed by atoms with van der Waals surface area (Å²) in [6.45, 7) is 1.91. The van der Waals surface area contributed by atoms with Gasteiger partial charge in [0.1, 0.15) is 11.3 Å². The minimum Gasteiger partial charge on any atom is -0.316 e. The maximum absolute atomic E-state index is 6.09. The van der Waals surface area contributed by atoms with Crippen molar-refractivity contribution in [3.8, 4) is 0 Å². The molecule has 1 atom stereocenters. The largest absolute Gasteiger partial charge is 0.316 e. The van der Waals surface area contributed by atoms with Crippen LogP contribution in [0.1, 0.15) is 18.1 Å². The maximum atomic E-state index is 6.09. The predicted octanol–water partition coefficient (Wildman–Crippen LogP) is 1.93. The van der Waals surface area contributed by atoms with Crippen molar-refractivity contribution in [3.63, 3.8) is 0 Å². The minimum absolute atomic E-state index is 0.137. The Hall–Kier alpha value is -1.29. The molecule has 2 heterocycles. The van der Waals surface area contributed by atoms with Crippen LogP contribution in [0, 0.1) is 0 Å². The Morgan fingerprint density at radius 1 is 1.47 bits per heavy atom. The first kappa shape index (κ1) is 10.2. The molecule has 0 aliphatic heterocycles. The van der Waals surface area contributed by atoms with Crippen molar-refractivity contribution >= 4 is 22.8 Å². The fourth-order valence-electron chi connectivity index (χ4n) is 1.57. The van der Waals surface area contributed by atoms with Crippen molar-refractivity contribution in [1.29, 1.82) is 0 Å². The summed E-state index contributed by atoms with van der Waals surface area (Å²) in [6.07, 6.45) is 1.76. The van der Waals surface area contributed by atoms with Crippen LogP contribution in [0.5, 0.6) is 0 Å². The summed E-state index contributed by atoms with van der Waals surface area (Å²) in [5, 5.41) is 1.79. The number of fused-ring (bicyclic) bond motifs is 1. The molecule has 0 aromatic carbocycles. The lowest BCUT2D eigenvalue weighted by atomic mass is 10.4. The Labute approximate surface area is 93.5 Å². The Balaban J connectivity index is 2.75. The predicted molar refractivity (Wildman–Crippen MR) is 61.9 cm³/mol. The highest BCUT2D eigenvalue weighted by Crippen LogP contribution is 2.22. The van der Waals surface area contributed by atoms with E-state index in [0.29, 0.717) is 0 Å². The standard InChI is InChI=1S/C10H13ClN4/c1-7(11)9-13-8-5-4-6-12-10(8)15(9)14(2)3/h4-7H,1-3H3. The second-order valence-corrected chi connectivity index (χ2v) is 4.25. The number of aromatic nitrogens is 3. The quantitative estimate of drug-likeness (QED) is 0.731. The highest BCUT2D eigenvalue weighted by Gasteiger charge is 2.16. The first-order chi connectivity index (χ1) is 7.11. The average molecular weight is 225 g/mol. The molecule has 0 saturated carbocycles. The Kier molecular flexibility index (Phi) is 2.52. The second kappa shape index (κ2) is 3.70. The first-order valence-corrected chi connectivity index (χ1v) is 5.20. The van der Waals surface area contributed by atoms with Crippen molar-refractivity contribution in [2.45, 2.75) is 12.3 Å². The third-order valence-electron chi connectivity index (χ3n) is 2.17. The van der Waals surface area contributed by atoms with Crippen molar-refractivity contribution in [3.05, 3.63) is 24.2 Å². The molecule has 4 nitrogen and oxygen atoms in total. The molecule has 2 aromatic heterocycles. The van der Waals surface area contributed by atoms with Gasteiger partial charge in [0.25, 0.3) is 0 Å². The van der Waals surface area contributed by atoms with Gasteiger partial charge < -0.3 is 5.01 Å². The topological polar surface area (TPSA) is 34.0 Å². The van der Waals surface area contributed by atoms with Crippen LogP contribution in [0.3, 0.4) is 0 Å². The van der Waals surface area contributed by atoms with Crippen LogP contribution in [0.2, 0.25) is 0 Å². The molecule has 0 fully saturated rings. The summed E-state index contributed by atoms with van der Waals surface area (Å²) in [5.74, 6) is 0.815. The highest BCUT2D eigenvalue weighted by atomic mass is 35.5. The van der Waals surface area contributed by atoms with Gasteiger partial charge in [-0.05, 0) is 19.1 Å². The summed E-state index contributed by atoms with van der Waals surface area (Å²) in [7, 11) is 3.89. The molecule has 80 valence electrons. The van der Waals surface area contributed by atoms with Crippen LogP contribution in [-0.4, -0.2) is 28.7 Å². The minimum atomic E-state index is -0.137. The summed E-state index contributed by atoms with van der Waals surface area (Å²) in [6, 6.07) is 3.81. The van der Waals surface area contributed by atoms with E-state index >= 15 is 0 Å². The molecular weight excluding hydrogens is 212 g/mol. The average Bonchev–Trinajstić information content (AvgIpc) is 2.56. The Bertz CT molecular complexity index is 475. The van der Waals surface area contributed by atoms with E-state index in [1.807, 2.05) is 42.8 Å². The Morgan fingerprint density at radius 2 is 2.20 bits per heavy atom. The van der Waals surface area contributed by atoms with Crippen molar-refractivity contribution in [2.24, 2.45) is 0 Å². The Morgan fingerprint density at radius 3 is 2.80 bits per heavy atom. The van der Waals surface area contributed by atoms with Gasteiger partial charge in [0, 0.05) is 20.3 Å². The van der Waals surface area contributed by atoms with Gasteiger partial charge in [-0.15, -0.1) is 11.6 Å². The number of rotatable bonds is 2. The fraction of sp³-hybridized carbons (Fsp3) is 0.400. The lowest BCUT2D eigenvalue weighted by Gasteiger charge is -2.18. The molecule has 2 aromatic rings. The van der Waals surface area contributed by atoms with Gasteiger partial charge in [0.2, 0.25) is 0 Å². The molecule has 2 rings (SSSR count). The number of hydrogen-bond acceptors (Lipinski definition) is 3. The molecule has 0 radical (unpaired) electrons. The smallest absolute Gasteiger partial charge is 0.179 e. The third kappa shape index (κ3) is 1.65. The van der Waals surface area contributed by atoms with Crippen molar-refractivity contribution in [2.75, 3.05) is 19.1 Å². The number of nitrogens with zero attached hydrogens (tertiary/aromatic N) is 4. The van der Waals surface area contributed by atoms with Crippen molar-refractivity contribution in [1.82, 2.24) is 14.6 Å². The SMILES string of the molecule is CC(Cl)c1nc2cccnc2n1N(C)C. The number of alkyl halides is 1. The van der Waals surface area contributed by atoms with Crippen LogP contribution in [0.15, 0.2) is 18.3 Å². The molecule has 5 heteroatoms. The molecule has 0 aliphatic rings. The van der Waals surface area contributed by atoms with E-state index in [1.165, 1.54) is 0 Å². The van der Waals surface area contributed by atoms with Gasteiger partial charge in [-0.25, -0.2) is 14.6 Å². The highest BCUT2D eigenvalue weighted by molar-refractivity contribution is 6.20. The van der Waals surface area contributed by atoms with E-state index in [2.05, 4.69) is 9.97 Å². The number of halogens is 1. The first-order valence-electron chi connectivity index (χ1n) is 4.76. The zero-order valence-electron chi connectivity index (χ0n) is 8.98. The molecule has 0 bridgehead atoms. The van der Waals surface area contributed by atoms with Crippen molar-refractivity contribution < 1.29 is 0 Å². The summed E-state index contributed by atoms with van der Waals surface area (Å²) in [5.41, 5.74) is 1.71. The molecule has 0 aliphatic carbocycles. The molecule has 15 heavy (non-hydrogen) atoms. The molecule has 0 amide bonds. The van der Waals surface area contributed by atoms with Gasteiger partial charge in [-0.3, -0.25) is 0 Å². The monoisotopic (exact) mass is 224 g/mol. The summed E-state index contributed by atoms with van der Waals surface area (Å²) in [4.78, 5) is 8.77. The lowest BCUT2D eigenvalue weighted by molar-refractivity contribution is 0.689. The van der Waals surface area contributed by atoms with E-state index in [4.69, 9.17) is 11.6 Å². The van der Waals surface area contributed by atoms with E-state index in [0.717, 1.165) is 17.0 Å². The molecular formula is C10H13ClN4. The number of hydrogen-bond donors (Lipinski definition) is 0. The number of pyridine rings is 1. The summed E-state index contributed by atoms with van der Waals surface area (Å²) < 4.78 is 1.92. The molecule has 1 unspecified atom stereocenters.